The Morgan fingerprint density at radius 3 is 2.83 bits per heavy atom. The first-order valence-electron chi connectivity index (χ1n) is 5.89. The van der Waals surface area contributed by atoms with E-state index in [4.69, 9.17) is 0 Å². The standard InChI is InChI=1S/C12H15N5O/c1-3-16(4-2)15-14-10-9-13-11-7-5-6-8-17(11)12(10)18/h5-9H,3-4H2,1-2H3. The van der Waals surface area contributed by atoms with E-state index in [1.807, 2.05) is 19.9 Å². The van der Waals surface area contributed by atoms with Gasteiger partial charge in [-0.15, -0.1) is 5.11 Å². The summed E-state index contributed by atoms with van der Waals surface area (Å²) in [6.45, 7) is 5.47. The summed E-state index contributed by atoms with van der Waals surface area (Å²) in [4.78, 5) is 16.2. The van der Waals surface area contributed by atoms with Crippen molar-refractivity contribution < 1.29 is 0 Å². The van der Waals surface area contributed by atoms with Crippen LogP contribution < -0.4 is 5.56 Å². The average Bonchev–Trinajstić information content (AvgIpc) is 2.42. The topological polar surface area (TPSA) is 62.3 Å². The molecule has 2 aromatic heterocycles. The number of aromatic nitrogens is 2. The molecule has 0 unspecified atom stereocenters. The molecule has 2 rings (SSSR count). The van der Waals surface area contributed by atoms with Crippen molar-refractivity contribution in [1.29, 1.82) is 0 Å². The molecule has 0 aromatic carbocycles. The van der Waals surface area contributed by atoms with E-state index >= 15 is 0 Å². The molecule has 0 bridgehead atoms. The highest BCUT2D eigenvalue weighted by Crippen LogP contribution is 2.06. The number of pyridine rings is 1. The Bertz CT molecular complexity index is 615. The third-order valence-corrected chi connectivity index (χ3v) is 2.60. The molecule has 0 saturated heterocycles. The zero-order valence-corrected chi connectivity index (χ0v) is 10.4. The second kappa shape index (κ2) is 5.39. The summed E-state index contributed by atoms with van der Waals surface area (Å²) >= 11 is 0. The highest BCUT2D eigenvalue weighted by molar-refractivity contribution is 5.42. The third-order valence-electron chi connectivity index (χ3n) is 2.60. The minimum absolute atomic E-state index is 0.212. The number of rotatable bonds is 4. The number of hydrogen-bond donors (Lipinski definition) is 0. The number of fused-ring (bicyclic) bond motifs is 1. The SMILES string of the molecule is CCN(CC)N=Nc1cnc2ccccn2c1=O. The highest BCUT2D eigenvalue weighted by atomic mass is 16.1. The van der Waals surface area contributed by atoms with Crippen molar-refractivity contribution in [3.63, 3.8) is 0 Å². The Morgan fingerprint density at radius 2 is 2.11 bits per heavy atom. The van der Waals surface area contributed by atoms with Crippen molar-refractivity contribution in [3.8, 4) is 0 Å². The lowest BCUT2D eigenvalue weighted by atomic mass is 10.4. The van der Waals surface area contributed by atoms with Gasteiger partial charge in [0.05, 0.1) is 6.20 Å². The monoisotopic (exact) mass is 245 g/mol. The van der Waals surface area contributed by atoms with E-state index in [2.05, 4.69) is 15.3 Å². The van der Waals surface area contributed by atoms with Gasteiger partial charge in [0.15, 0.2) is 5.69 Å². The molecule has 2 aromatic rings. The molecule has 0 saturated carbocycles. The van der Waals surface area contributed by atoms with Crippen molar-refractivity contribution >= 4 is 11.3 Å². The molecule has 18 heavy (non-hydrogen) atoms. The van der Waals surface area contributed by atoms with Crippen LogP contribution in [0.3, 0.4) is 0 Å². The summed E-state index contributed by atoms with van der Waals surface area (Å²) in [6, 6.07) is 5.38. The zero-order chi connectivity index (χ0) is 13.0. The molecule has 0 aliphatic rings. The van der Waals surface area contributed by atoms with Gasteiger partial charge in [-0.2, -0.15) is 0 Å². The van der Waals surface area contributed by atoms with Gasteiger partial charge in [-0.1, -0.05) is 11.3 Å². The Labute approximate surface area is 105 Å². The minimum Gasteiger partial charge on any atom is -0.279 e. The molecular formula is C12H15N5O. The average molecular weight is 245 g/mol. The largest absolute Gasteiger partial charge is 0.285 e. The van der Waals surface area contributed by atoms with Crippen molar-refractivity contribution in [2.45, 2.75) is 13.8 Å². The van der Waals surface area contributed by atoms with Crippen LogP contribution in [0.1, 0.15) is 13.8 Å². The van der Waals surface area contributed by atoms with E-state index < -0.39 is 0 Å². The lowest BCUT2D eigenvalue weighted by Gasteiger charge is -2.10. The molecule has 0 atom stereocenters. The lowest BCUT2D eigenvalue weighted by Crippen LogP contribution is -2.16. The first-order valence-corrected chi connectivity index (χ1v) is 5.89. The Morgan fingerprint density at radius 1 is 1.33 bits per heavy atom. The summed E-state index contributed by atoms with van der Waals surface area (Å²) in [7, 11) is 0. The van der Waals surface area contributed by atoms with Crippen LogP contribution in [0.25, 0.3) is 5.65 Å². The van der Waals surface area contributed by atoms with E-state index in [-0.39, 0.29) is 11.2 Å². The molecule has 2 heterocycles. The van der Waals surface area contributed by atoms with Crippen molar-refractivity contribution in [2.24, 2.45) is 10.3 Å². The number of hydrogen-bond acceptors (Lipinski definition) is 4. The maximum atomic E-state index is 12.1. The van der Waals surface area contributed by atoms with Crippen LogP contribution in [-0.2, 0) is 0 Å². The molecule has 94 valence electrons. The van der Waals surface area contributed by atoms with Gasteiger partial charge >= 0.3 is 0 Å². The summed E-state index contributed by atoms with van der Waals surface area (Å²) in [5, 5.41) is 9.72. The second-order valence-corrected chi connectivity index (χ2v) is 3.71. The summed E-state index contributed by atoms with van der Waals surface area (Å²) in [5.74, 6) is 0. The van der Waals surface area contributed by atoms with Gasteiger partial charge in [-0.25, -0.2) is 4.98 Å². The minimum atomic E-state index is -0.212. The predicted octanol–water partition coefficient (Wildman–Crippen LogP) is 2.03. The van der Waals surface area contributed by atoms with Crippen molar-refractivity contribution in [3.05, 3.63) is 40.9 Å². The summed E-state index contributed by atoms with van der Waals surface area (Å²) in [5.41, 5.74) is 0.631. The van der Waals surface area contributed by atoms with Crippen LogP contribution in [0.4, 0.5) is 5.69 Å². The molecule has 0 fully saturated rings. The third kappa shape index (κ3) is 2.37. The maximum Gasteiger partial charge on any atom is 0.285 e. The second-order valence-electron chi connectivity index (χ2n) is 3.71. The smallest absolute Gasteiger partial charge is 0.279 e. The Balaban J connectivity index is 2.41. The van der Waals surface area contributed by atoms with Crippen LogP contribution >= 0.6 is 0 Å². The summed E-state index contributed by atoms with van der Waals surface area (Å²) < 4.78 is 1.45. The highest BCUT2D eigenvalue weighted by Gasteiger charge is 2.03. The van der Waals surface area contributed by atoms with Gasteiger partial charge in [-0.05, 0) is 26.0 Å². The molecule has 0 radical (unpaired) electrons. The summed E-state index contributed by atoms with van der Waals surface area (Å²) in [6.07, 6.45) is 3.12. The molecular weight excluding hydrogens is 230 g/mol. The molecule has 0 N–H and O–H groups in total. The normalized spacial score (nSPS) is 11.2. The van der Waals surface area contributed by atoms with Gasteiger partial charge in [0.25, 0.3) is 5.56 Å². The predicted molar refractivity (Wildman–Crippen MR) is 68.9 cm³/mol. The Kier molecular flexibility index (Phi) is 3.66. The fraction of sp³-hybridized carbons (Fsp3) is 0.333. The van der Waals surface area contributed by atoms with Gasteiger partial charge in [0.1, 0.15) is 5.65 Å². The van der Waals surface area contributed by atoms with Gasteiger partial charge in [0.2, 0.25) is 0 Å². The van der Waals surface area contributed by atoms with Crippen LogP contribution in [0.5, 0.6) is 0 Å². The molecule has 0 aliphatic heterocycles. The molecule has 6 heteroatoms. The van der Waals surface area contributed by atoms with Crippen molar-refractivity contribution in [1.82, 2.24) is 14.4 Å². The van der Waals surface area contributed by atoms with E-state index in [1.54, 1.807) is 23.3 Å². The molecule has 0 aliphatic carbocycles. The van der Waals surface area contributed by atoms with Crippen LogP contribution in [0.2, 0.25) is 0 Å². The fourth-order valence-electron chi connectivity index (χ4n) is 1.55. The zero-order valence-electron chi connectivity index (χ0n) is 10.4. The van der Waals surface area contributed by atoms with E-state index in [0.29, 0.717) is 5.65 Å². The fourth-order valence-corrected chi connectivity index (χ4v) is 1.55. The maximum absolute atomic E-state index is 12.1. The van der Waals surface area contributed by atoms with Gasteiger partial charge < -0.3 is 0 Å². The van der Waals surface area contributed by atoms with Crippen LogP contribution in [0, 0.1) is 0 Å². The quantitative estimate of drug-likeness (QED) is 0.611. The van der Waals surface area contributed by atoms with E-state index in [1.165, 1.54) is 10.6 Å². The van der Waals surface area contributed by atoms with Gasteiger partial charge in [-0.3, -0.25) is 14.2 Å². The van der Waals surface area contributed by atoms with Crippen LogP contribution in [0.15, 0.2) is 45.7 Å². The van der Waals surface area contributed by atoms with Crippen molar-refractivity contribution in [2.75, 3.05) is 13.1 Å². The first-order chi connectivity index (χ1) is 8.76. The van der Waals surface area contributed by atoms with E-state index in [9.17, 15) is 4.79 Å². The lowest BCUT2D eigenvalue weighted by molar-refractivity contribution is 0.300. The number of nitrogens with zero attached hydrogens (tertiary/aromatic N) is 5. The molecule has 6 nitrogen and oxygen atoms in total. The van der Waals surface area contributed by atoms with Gasteiger partial charge in [0, 0.05) is 19.3 Å². The molecule has 0 spiro atoms. The Hall–Kier alpha value is -2.24. The molecule has 0 amide bonds. The first kappa shape index (κ1) is 12.2. The van der Waals surface area contributed by atoms with E-state index in [0.717, 1.165) is 13.1 Å². The van der Waals surface area contributed by atoms with Crippen LogP contribution in [-0.4, -0.2) is 27.5 Å².